The molecule has 2 aromatic heterocycles. The van der Waals surface area contributed by atoms with Crippen LogP contribution in [0.5, 0.6) is 10.9 Å². The Kier molecular flexibility index (Phi) is 6.00. The third-order valence-electron chi connectivity index (χ3n) is 2.71. The quantitative estimate of drug-likeness (QED) is 0.496. The summed E-state index contributed by atoms with van der Waals surface area (Å²) in [5, 5.41) is 19.9. The standard InChI is InChI=1S/C15H5N4O3S2.Pt/c1-17-12-11(6-16)24-13(19-12)8-3-2-4-9(5-8)22-15-18-10(7-23-15)14(20)21;/h2-4,7H,(H,20,21);/q-1;. The van der Waals surface area contributed by atoms with Crippen LogP contribution in [-0.4, -0.2) is 21.0 Å². The number of aromatic nitrogens is 2. The number of ether oxygens (including phenoxy) is 1. The van der Waals surface area contributed by atoms with E-state index in [0.29, 0.717) is 16.3 Å². The Morgan fingerprint density at radius 3 is 2.84 bits per heavy atom. The maximum Gasteiger partial charge on any atom is 0.355 e. The fourth-order valence-electron chi connectivity index (χ4n) is 1.70. The Hall–Kier alpha value is -2.58. The van der Waals surface area contributed by atoms with Gasteiger partial charge in [-0.1, -0.05) is 29.5 Å². The molecule has 0 amide bonds. The summed E-state index contributed by atoms with van der Waals surface area (Å²) >= 11 is 2.15. The van der Waals surface area contributed by atoms with Gasteiger partial charge >= 0.3 is 5.97 Å². The van der Waals surface area contributed by atoms with Crippen LogP contribution >= 0.6 is 22.7 Å². The van der Waals surface area contributed by atoms with Gasteiger partial charge in [0, 0.05) is 32.2 Å². The van der Waals surface area contributed by atoms with Gasteiger partial charge in [0.15, 0.2) is 5.69 Å². The first-order valence-corrected chi connectivity index (χ1v) is 7.98. The van der Waals surface area contributed by atoms with Gasteiger partial charge in [-0.15, -0.1) is 29.5 Å². The van der Waals surface area contributed by atoms with Gasteiger partial charge in [-0.3, -0.25) is 0 Å². The maximum absolute atomic E-state index is 10.8. The molecule has 0 saturated heterocycles. The maximum atomic E-state index is 10.8. The molecule has 0 saturated carbocycles. The van der Waals surface area contributed by atoms with Crippen molar-refractivity contribution < 1.29 is 35.7 Å². The van der Waals surface area contributed by atoms with Gasteiger partial charge in [-0.05, 0) is 0 Å². The predicted octanol–water partition coefficient (Wildman–Crippen LogP) is 3.98. The van der Waals surface area contributed by atoms with Crippen LogP contribution in [0.3, 0.4) is 0 Å². The number of rotatable bonds is 4. The van der Waals surface area contributed by atoms with E-state index in [-0.39, 0.29) is 42.6 Å². The summed E-state index contributed by atoms with van der Waals surface area (Å²) in [6, 6.07) is 9.98. The second-order valence-corrected chi connectivity index (χ2v) is 6.05. The Morgan fingerprint density at radius 2 is 2.24 bits per heavy atom. The van der Waals surface area contributed by atoms with Crippen molar-refractivity contribution in [3.8, 4) is 27.6 Å². The molecule has 0 bridgehead atoms. The molecule has 0 aliphatic carbocycles. The zero-order chi connectivity index (χ0) is 17.1. The number of hydrogen-bond acceptors (Lipinski definition) is 7. The van der Waals surface area contributed by atoms with Crippen LogP contribution in [0, 0.1) is 24.0 Å². The number of benzene rings is 1. The number of carbonyl (C=O) groups is 1. The zero-order valence-corrected chi connectivity index (χ0v) is 15.9. The summed E-state index contributed by atoms with van der Waals surface area (Å²) in [5.74, 6) is -0.738. The summed E-state index contributed by atoms with van der Waals surface area (Å²) in [6.45, 7) is 7.02. The Bertz CT molecular complexity index is 985. The number of hydrogen-bond donors (Lipinski definition) is 1. The monoisotopic (exact) mass is 548 g/mol. The van der Waals surface area contributed by atoms with E-state index < -0.39 is 5.97 Å². The smallest absolute Gasteiger partial charge is 0.355 e. The first-order valence-electron chi connectivity index (χ1n) is 6.28. The van der Waals surface area contributed by atoms with Gasteiger partial charge in [-0.25, -0.2) is 4.79 Å². The van der Waals surface area contributed by atoms with Crippen molar-refractivity contribution >= 4 is 34.5 Å². The van der Waals surface area contributed by atoms with E-state index in [4.69, 9.17) is 21.7 Å². The first-order chi connectivity index (χ1) is 11.6. The molecule has 0 fully saturated rings. The van der Waals surface area contributed by atoms with Gasteiger partial charge in [-0.2, -0.15) is 15.2 Å². The molecule has 3 rings (SSSR count). The normalized spacial score (nSPS) is 9.52. The topological polar surface area (TPSA) is 100 Å². The van der Waals surface area contributed by atoms with Crippen LogP contribution in [0.1, 0.15) is 15.4 Å². The molecule has 1 N–H and O–H groups in total. The molecule has 0 spiro atoms. The van der Waals surface area contributed by atoms with E-state index in [0.717, 1.165) is 22.7 Å². The minimum Gasteiger partial charge on any atom is -0.476 e. The van der Waals surface area contributed by atoms with Crippen LogP contribution in [0.4, 0.5) is 5.82 Å². The van der Waals surface area contributed by atoms with Gasteiger partial charge in [0.25, 0.3) is 11.0 Å². The molecule has 0 atom stereocenters. The molecule has 0 aliphatic heterocycles. The minimum atomic E-state index is -1.13. The van der Waals surface area contributed by atoms with Gasteiger partial charge in [0.1, 0.15) is 9.88 Å². The summed E-state index contributed by atoms with van der Waals surface area (Å²) < 4.78 is 5.50. The first kappa shape index (κ1) is 18.8. The molecular weight excluding hydrogens is 543 g/mol. The van der Waals surface area contributed by atoms with Gasteiger partial charge in [0.2, 0.25) is 0 Å². The third kappa shape index (κ3) is 4.09. The summed E-state index contributed by atoms with van der Waals surface area (Å²) in [6.07, 6.45) is 0. The SMILES string of the molecule is [C-]#[N+]c1nc(-c2[c-]c(Oc3nc(C(=O)O)cs3)ccc2)sc1C#N.[Pt]. The number of aromatic carboxylic acids is 1. The summed E-state index contributed by atoms with van der Waals surface area (Å²) in [5.41, 5.74) is 0.477. The largest absolute Gasteiger partial charge is 0.476 e. The number of nitrogens with zero attached hydrogens (tertiary/aromatic N) is 4. The van der Waals surface area contributed by atoms with Crippen LogP contribution < -0.4 is 4.74 Å². The molecule has 0 radical (unpaired) electrons. The molecule has 0 unspecified atom stereocenters. The molecule has 1 aromatic carbocycles. The van der Waals surface area contributed by atoms with E-state index in [9.17, 15) is 4.79 Å². The average Bonchev–Trinajstić information content (AvgIpc) is 3.21. The van der Waals surface area contributed by atoms with Crippen LogP contribution in [-0.2, 0) is 21.1 Å². The molecule has 126 valence electrons. The van der Waals surface area contributed by atoms with Crippen LogP contribution in [0.25, 0.3) is 15.4 Å². The van der Waals surface area contributed by atoms with Gasteiger partial charge in [0.05, 0.1) is 6.07 Å². The zero-order valence-electron chi connectivity index (χ0n) is 12.0. The van der Waals surface area contributed by atoms with Gasteiger partial charge < -0.3 is 14.7 Å². The van der Waals surface area contributed by atoms with Crippen molar-refractivity contribution in [2.45, 2.75) is 0 Å². The van der Waals surface area contributed by atoms with E-state index in [1.165, 1.54) is 5.38 Å². The van der Waals surface area contributed by atoms with Crippen LogP contribution in [0.2, 0.25) is 0 Å². The van der Waals surface area contributed by atoms with Crippen molar-refractivity contribution in [2.24, 2.45) is 0 Å². The number of carboxylic acids is 1. The molecule has 3 aromatic rings. The Balaban J connectivity index is 0.00000225. The summed E-state index contributed by atoms with van der Waals surface area (Å²) in [4.78, 5) is 22.2. The van der Waals surface area contributed by atoms with E-state index in [2.05, 4.69) is 20.9 Å². The van der Waals surface area contributed by atoms with Crippen molar-refractivity contribution in [2.75, 3.05) is 0 Å². The molecule has 25 heavy (non-hydrogen) atoms. The van der Waals surface area contributed by atoms with Crippen molar-refractivity contribution in [3.05, 3.63) is 51.6 Å². The Labute approximate surface area is 164 Å². The van der Waals surface area contributed by atoms with Crippen molar-refractivity contribution in [1.29, 1.82) is 5.26 Å². The molecule has 2 heterocycles. The van der Waals surface area contributed by atoms with E-state index >= 15 is 0 Å². The summed E-state index contributed by atoms with van der Waals surface area (Å²) in [7, 11) is 0. The predicted molar refractivity (Wildman–Crippen MR) is 86.5 cm³/mol. The molecule has 10 heteroatoms. The molecule has 0 aliphatic rings. The molecular formula is C15H5N4O3PtS2-. The number of carboxylic acid groups (broad SMARTS) is 1. The molecule has 7 nitrogen and oxygen atoms in total. The number of thiazole rings is 2. The minimum absolute atomic E-state index is 0. The second-order valence-electron chi connectivity index (χ2n) is 4.23. The second kappa shape index (κ2) is 8.00. The average molecular weight is 548 g/mol. The third-order valence-corrected chi connectivity index (χ3v) is 4.41. The fourth-order valence-corrected chi connectivity index (χ4v) is 3.14. The fraction of sp³-hybridized carbons (Fsp3) is 0. The van der Waals surface area contributed by atoms with Crippen molar-refractivity contribution in [3.63, 3.8) is 0 Å². The van der Waals surface area contributed by atoms with Crippen LogP contribution in [0.15, 0.2) is 23.6 Å². The number of nitriles is 1. The van der Waals surface area contributed by atoms with Crippen molar-refractivity contribution in [1.82, 2.24) is 9.97 Å². The van der Waals surface area contributed by atoms with E-state index in [1.807, 2.05) is 6.07 Å². The Morgan fingerprint density at radius 1 is 1.44 bits per heavy atom. The van der Waals surface area contributed by atoms with E-state index in [1.54, 1.807) is 18.2 Å².